The van der Waals surface area contributed by atoms with Gasteiger partial charge in [-0.3, -0.25) is 20.6 Å². The lowest BCUT2D eigenvalue weighted by molar-refractivity contribution is -0.137. The minimum atomic E-state index is -4.78. The van der Waals surface area contributed by atoms with Gasteiger partial charge in [-0.05, 0) is 60.9 Å². The Hall–Kier alpha value is -2.59. The minimum absolute atomic E-state index is 0.0212. The fourth-order valence-corrected chi connectivity index (χ4v) is 4.65. The zero-order valence-electron chi connectivity index (χ0n) is 18.7. The monoisotopic (exact) mass is 508 g/mol. The van der Waals surface area contributed by atoms with Crippen LogP contribution < -0.4 is 10.6 Å². The van der Waals surface area contributed by atoms with Crippen LogP contribution >= 0.6 is 11.6 Å². The lowest BCUT2D eigenvalue weighted by Gasteiger charge is -2.38. The molecule has 1 fully saturated rings. The van der Waals surface area contributed by atoms with Gasteiger partial charge < -0.3 is 5.11 Å². The van der Waals surface area contributed by atoms with E-state index in [1.165, 1.54) is 6.20 Å². The molecule has 1 aliphatic rings. The maximum absolute atomic E-state index is 14.6. The van der Waals surface area contributed by atoms with Gasteiger partial charge in [-0.2, -0.15) is 13.2 Å². The fourth-order valence-electron chi connectivity index (χ4n) is 4.54. The highest BCUT2D eigenvalue weighted by molar-refractivity contribution is 6.30. The SMILES string of the molecule is OC(NC1CCCC1)N[C@](Cc1ccccn1)(c1cc(F)cc(C(F)(F)F)c1)c1ccc(Cl)cn1. The molecule has 4 rings (SSSR count). The number of nitrogens with zero attached hydrogens (tertiary/aromatic N) is 2. The third-order valence-corrected chi connectivity index (χ3v) is 6.41. The summed E-state index contributed by atoms with van der Waals surface area (Å²) in [5.41, 5.74) is -2.03. The number of rotatable bonds is 8. The highest BCUT2D eigenvalue weighted by atomic mass is 35.5. The predicted molar refractivity (Wildman–Crippen MR) is 124 cm³/mol. The van der Waals surface area contributed by atoms with Gasteiger partial charge in [-0.25, -0.2) is 4.39 Å². The number of hydrogen-bond donors (Lipinski definition) is 3. The molecule has 0 bridgehead atoms. The highest BCUT2D eigenvalue weighted by Gasteiger charge is 2.41. The molecule has 1 aromatic carbocycles. The quantitative estimate of drug-likeness (QED) is 0.289. The number of alkyl halides is 3. The summed E-state index contributed by atoms with van der Waals surface area (Å²) in [5, 5.41) is 17.4. The number of aromatic nitrogens is 2. The Bertz CT molecular complexity index is 1120. The second-order valence-corrected chi connectivity index (χ2v) is 9.12. The molecule has 0 radical (unpaired) electrons. The third-order valence-electron chi connectivity index (χ3n) is 6.19. The van der Waals surface area contributed by atoms with Crippen LogP contribution in [-0.4, -0.2) is 27.5 Å². The Balaban J connectivity index is 1.88. The Morgan fingerprint density at radius 2 is 1.77 bits per heavy atom. The summed E-state index contributed by atoms with van der Waals surface area (Å²) in [6, 6.07) is 10.6. The van der Waals surface area contributed by atoms with Gasteiger partial charge in [0.15, 0.2) is 6.35 Å². The van der Waals surface area contributed by atoms with E-state index in [0.717, 1.165) is 37.8 Å². The van der Waals surface area contributed by atoms with Crippen LogP contribution in [0.2, 0.25) is 5.02 Å². The first kappa shape index (κ1) is 25.5. The molecule has 5 nitrogen and oxygen atoms in total. The lowest BCUT2D eigenvalue weighted by atomic mass is 9.80. The van der Waals surface area contributed by atoms with Crippen molar-refractivity contribution in [2.45, 2.75) is 56.2 Å². The second kappa shape index (κ2) is 10.6. The number of aliphatic hydroxyl groups is 1. The number of nitrogens with one attached hydrogen (secondary N) is 2. The van der Waals surface area contributed by atoms with E-state index in [4.69, 9.17) is 11.6 Å². The molecule has 0 amide bonds. The van der Waals surface area contributed by atoms with Crippen LogP contribution in [0, 0.1) is 5.82 Å². The molecule has 186 valence electrons. The van der Waals surface area contributed by atoms with Gasteiger partial charge in [0, 0.05) is 30.6 Å². The molecule has 2 heterocycles. The molecule has 0 aliphatic heterocycles. The Morgan fingerprint density at radius 3 is 2.40 bits per heavy atom. The summed E-state index contributed by atoms with van der Waals surface area (Å²) in [7, 11) is 0. The topological polar surface area (TPSA) is 70.1 Å². The van der Waals surface area contributed by atoms with Crippen LogP contribution in [-0.2, 0) is 18.1 Å². The van der Waals surface area contributed by atoms with Crippen molar-refractivity contribution in [3.8, 4) is 0 Å². The number of hydrogen-bond acceptors (Lipinski definition) is 5. The van der Waals surface area contributed by atoms with Gasteiger partial charge in [0.25, 0.3) is 0 Å². The number of pyridine rings is 2. The molecule has 0 saturated heterocycles. The Labute approximate surface area is 205 Å². The maximum Gasteiger partial charge on any atom is 0.416 e. The van der Waals surface area contributed by atoms with Crippen molar-refractivity contribution >= 4 is 11.6 Å². The number of aliphatic hydroxyl groups excluding tert-OH is 1. The van der Waals surface area contributed by atoms with Gasteiger partial charge in [-0.1, -0.05) is 30.5 Å². The Morgan fingerprint density at radius 1 is 1.03 bits per heavy atom. The Kier molecular flexibility index (Phi) is 7.70. The van der Waals surface area contributed by atoms with Gasteiger partial charge in [-0.15, -0.1) is 0 Å². The minimum Gasteiger partial charge on any atom is -0.365 e. The van der Waals surface area contributed by atoms with Gasteiger partial charge >= 0.3 is 6.18 Å². The zero-order valence-corrected chi connectivity index (χ0v) is 19.5. The smallest absolute Gasteiger partial charge is 0.365 e. The number of benzene rings is 1. The molecule has 0 spiro atoms. The average Bonchev–Trinajstić information content (AvgIpc) is 3.31. The first-order chi connectivity index (χ1) is 16.7. The van der Waals surface area contributed by atoms with E-state index in [2.05, 4.69) is 20.6 Å². The summed E-state index contributed by atoms with van der Waals surface area (Å²) < 4.78 is 55.6. The molecule has 3 N–H and O–H groups in total. The van der Waals surface area contributed by atoms with Crippen LogP contribution in [0.15, 0.2) is 60.9 Å². The first-order valence-corrected chi connectivity index (χ1v) is 11.7. The van der Waals surface area contributed by atoms with E-state index < -0.39 is 29.4 Å². The zero-order chi connectivity index (χ0) is 25.1. The van der Waals surface area contributed by atoms with Crippen molar-refractivity contribution in [2.24, 2.45) is 0 Å². The molecule has 10 heteroatoms. The largest absolute Gasteiger partial charge is 0.416 e. The summed E-state index contributed by atoms with van der Waals surface area (Å²) >= 11 is 6.03. The van der Waals surface area contributed by atoms with Crippen molar-refractivity contribution in [3.05, 3.63) is 94.3 Å². The van der Waals surface area contributed by atoms with Crippen LogP contribution in [0.25, 0.3) is 0 Å². The molecule has 1 saturated carbocycles. The molecule has 1 unspecified atom stereocenters. The maximum atomic E-state index is 14.6. The van der Waals surface area contributed by atoms with Crippen molar-refractivity contribution in [2.75, 3.05) is 0 Å². The van der Waals surface area contributed by atoms with E-state index >= 15 is 0 Å². The summed E-state index contributed by atoms with van der Waals surface area (Å²) in [6.07, 6.45) is 0.544. The molecular formula is C25H25ClF4N4O. The third kappa shape index (κ3) is 6.16. The molecule has 35 heavy (non-hydrogen) atoms. The summed E-state index contributed by atoms with van der Waals surface area (Å²) in [4.78, 5) is 8.69. The molecule has 3 aromatic rings. The lowest BCUT2D eigenvalue weighted by Crippen LogP contribution is -2.57. The van der Waals surface area contributed by atoms with Crippen LogP contribution in [0.5, 0.6) is 0 Å². The summed E-state index contributed by atoms with van der Waals surface area (Å²) in [5.74, 6) is -1.06. The van der Waals surface area contributed by atoms with Gasteiger partial charge in [0.2, 0.25) is 0 Å². The average molecular weight is 509 g/mol. The van der Waals surface area contributed by atoms with Crippen molar-refractivity contribution in [1.29, 1.82) is 0 Å². The van der Waals surface area contributed by atoms with E-state index in [0.29, 0.717) is 16.8 Å². The molecular weight excluding hydrogens is 484 g/mol. The van der Waals surface area contributed by atoms with E-state index in [9.17, 15) is 22.7 Å². The van der Waals surface area contributed by atoms with E-state index in [1.54, 1.807) is 36.5 Å². The second-order valence-electron chi connectivity index (χ2n) is 8.69. The van der Waals surface area contributed by atoms with Gasteiger partial charge in [0.05, 0.1) is 21.8 Å². The van der Waals surface area contributed by atoms with Crippen LogP contribution in [0.4, 0.5) is 17.6 Å². The molecule has 2 atom stereocenters. The predicted octanol–water partition coefficient (Wildman–Crippen LogP) is 5.17. The van der Waals surface area contributed by atoms with Crippen LogP contribution in [0.1, 0.15) is 48.2 Å². The standard InChI is InChI=1S/C25H25ClF4N4O/c26-18-8-9-22(32-15-18)24(14-21-7-3-4-10-31-21,34-23(35)33-20-5-1-2-6-20)16-11-17(25(28,29)30)13-19(27)12-16/h3-4,7-13,15,20,23,33-35H,1-2,5-6,14H2/t23?,24-/m1/s1. The van der Waals surface area contributed by atoms with Gasteiger partial charge in [0.1, 0.15) is 5.82 Å². The first-order valence-electron chi connectivity index (χ1n) is 11.3. The van der Waals surface area contributed by atoms with Crippen molar-refractivity contribution in [1.82, 2.24) is 20.6 Å². The highest BCUT2D eigenvalue weighted by Crippen LogP contribution is 2.38. The summed E-state index contributed by atoms with van der Waals surface area (Å²) in [6.45, 7) is 0. The number of halogens is 5. The van der Waals surface area contributed by atoms with E-state index in [1.807, 2.05) is 0 Å². The molecule has 2 aromatic heterocycles. The van der Waals surface area contributed by atoms with Crippen molar-refractivity contribution in [3.63, 3.8) is 0 Å². The van der Waals surface area contributed by atoms with Crippen molar-refractivity contribution < 1.29 is 22.7 Å². The molecule has 1 aliphatic carbocycles. The van der Waals surface area contributed by atoms with E-state index in [-0.39, 0.29) is 23.7 Å². The van der Waals surface area contributed by atoms with Crippen LogP contribution in [0.3, 0.4) is 0 Å². The normalized spacial score (nSPS) is 17.3. The fraction of sp³-hybridized carbons (Fsp3) is 0.360.